The quantitative estimate of drug-likeness (QED) is 0.237. The van der Waals surface area contributed by atoms with E-state index < -0.39 is 11.0 Å². The van der Waals surface area contributed by atoms with Gasteiger partial charge in [0.25, 0.3) is 5.69 Å². The van der Waals surface area contributed by atoms with E-state index in [0.717, 1.165) is 5.56 Å². The number of methoxy groups -OCH3 is 4. The van der Waals surface area contributed by atoms with Gasteiger partial charge in [-0.25, -0.2) is 0 Å². The summed E-state index contributed by atoms with van der Waals surface area (Å²) in [5.41, 5.74) is 1.65. The van der Waals surface area contributed by atoms with Gasteiger partial charge in [-0.05, 0) is 42.0 Å². The lowest BCUT2D eigenvalue weighted by atomic mass is 9.96. The lowest BCUT2D eigenvalue weighted by Crippen LogP contribution is -2.16. The molecular formula is C25H26N2O7. The lowest BCUT2D eigenvalue weighted by Gasteiger charge is -2.21. The summed E-state index contributed by atoms with van der Waals surface area (Å²) in [5, 5.41) is 14.5. The Bertz CT molecular complexity index is 1180. The zero-order chi connectivity index (χ0) is 24.7. The second kappa shape index (κ2) is 11.0. The van der Waals surface area contributed by atoms with Crippen LogP contribution in [0.15, 0.2) is 60.7 Å². The maximum atomic E-state index is 13.2. The number of ether oxygens (including phenoxy) is 4. The van der Waals surface area contributed by atoms with Crippen molar-refractivity contribution in [3.8, 4) is 23.0 Å². The number of Topliss-reactive ketones (excluding diaryl/α,β-unsaturated/α-hetero) is 1. The van der Waals surface area contributed by atoms with Gasteiger partial charge in [-0.1, -0.05) is 12.1 Å². The van der Waals surface area contributed by atoms with Gasteiger partial charge in [-0.3, -0.25) is 14.9 Å². The number of nitro benzene ring substituents is 1. The van der Waals surface area contributed by atoms with Crippen LogP contribution in [0.5, 0.6) is 23.0 Å². The SMILES string of the molecule is COc1ccc(C(=O)CC(Nc2cccc([N+](=O)[O-])c2)c2ccc(OC)c(OC)c2)cc1OC. The van der Waals surface area contributed by atoms with E-state index in [-0.39, 0.29) is 17.9 Å². The molecule has 1 N–H and O–H groups in total. The van der Waals surface area contributed by atoms with Crippen molar-refractivity contribution in [2.75, 3.05) is 33.8 Å². The molecule has 3 aromatic carbocycles. The number of carbonyl (C=O) groups is 1. The molecule has 0 aliphatic carbocycles. The summed E-state index contributed by atoms with van der Waals surface area (Å²) in [7, 11) is 6.09. The number of ketones is 1. The van der Waals surface area contributed by atoms with Crippen molar-refractivity contribution in [2.24, 2.45) is 0 Å². The molecule has 0 radical (unpaired) electrons. The molecule has 3 rings (SSSR count). The topological polar surface area (TPSA) is 109 Å². The largest absolute Gasteiger partial charge is 0.493 e. The molecule has 1 atom stereocenters. The van der Waals surface area contributed by atoms with Crippen LogP contribution in [0.2, 0.25) is 0 Å². The summed E-state index contributed by atoms with van der Waals surface area (Å²) in [6, 6.07) is 15.9. The minimum atomic E-state index is -0.512. The third-order valence-corrected chi connectivity index (χ3v) is 5.30. The molecule has 9 nitrogen and oxygen atoms in total. The molecule has 0 heterocycles. The Balaban J connectivity index is 1.97. The van der Waals surface area contributed by atoms with Crippen LogP contribution < -0.4 is 24.3 Å². The highest BCUT2D eigenvalue weighted by Gasteiger charge is 2.21. The Morgan fingerprint density at radius 1 is 0.853 bits per heavy atom. The first-order valence-electron chi connectivity index (χ1n) is 10.4. The van der Waals surface area contributed by atoms with Crippen LogP contribution in [-0.4, -0.2) is 39.1 Å². The van der Waals surface area contributed by atoms with Gasteiger partial charge in [-0.15, -0.1) is 0 Å². The van der Waals surface area contributed by atoms with Crippen molar-refractivity contribution < 1.29 is 28.7 Å². The minimum absolute atomic E-state index is 0.0534. The van der Waals surface area contributed by atoms with Gasteiger partial charge >= 0.3 is 0 Å². The van der Waals surface area contributed by atoms with Gasteiger partial charge in [0.05, 0.1) is 39.4 Å². The number of non-ortho nitro benzene ring substituents is 1. The van der Waals surface area contributed by atoms with Gasteiger partial charge in [0.1, 0.15) is 0 Å². The monoisotopic (exact) mass is 466 g/mol. The zero-order valence-corrected chi connectivity index (χ0v) is 19.4. The fourth-order valence-electron chi connectivity index (χ4n) is 3.55. The zero-order valence-electron chi connectivity index (χ0n) is 19.4. The van der Waals surface area contributed by atoms with Crippen LogP contribution in [-0.2, 0) is 0 Å². The van der Waals surface area contributed by atoms with Gasteiger partial charge in [0.15, 0.2) is 28.8 Å². The number of nitro groups is 1. The second-order valence-electron chi connectivity index (χ2n) is 7.32. The number of carbonyl (C=O) groups excluding carboxylic acids is 1. The van der Waals surface area contributed by atoms with E-state index in [0.29, 0.717) is 34.2 Å². The number of nitrogens with one attached hydrogen (secondary N) is 1. The molecule has 0 aliphatic heterocycles. The number of benzene rings is 3. The molecule has 9 heteroatoms. The Kier molecular flexibility index (Phi) is 7.92. The number of anilines is 1. The summed E-state index contributed by atoms with van der Waals surface area (Å²) in [6.07, 6.45) is 0.0632. The van der Waals surface area contributed by atoms with E-state index >= 15 is 0 Å². The summed E-state index contributed by atoms with van der Waals surface area (Å²) in [6.45, 7) is 0. The third-order valence-electron chi connectivity index (χ3n) is 5.30. The summed E-state index contributed by atoms with van der Waals surface area (Å²) in [4.78, 5) is 24.0. The van der Waals surface area contributed by atoms with Crippen LogP contribution in [0, 0.1) is 10.1 Å². The standard InChI is InChI=1S/C25H26N2O7/c1-31-22-10-8-16(12-24(22)33-3)20(26-18-6-5-7-19(14-18)27(29)30)15-21(28)17-9-11-23(32-2)25(13-17)34-4/h5-14,20,26H,15H2,1-4H3. The molecule has 178 valence electrons. The summed E-state index contributed by atoms with van der Waals surface area (Å²) < 4.78 is 21.3. The van der Waals surface area contributed by atoms with Crippen LogP contribution in [0.1, 0.15) is 28.4 Å². The molecule has 1 unspecified atom stereocenters. The van der Waals surface area contributed by atoms with Gasteiger partial charge in [-0.2, -0.15) is 0 Å². The number of hydrogen-bond donors (Lipinski definition) is 1. The minimum Gasteiger partial charge on any atom is -0.493 e. The highest BCUT2D eigenvalue weighted by atomic mass is 16.6. The fraction of sp³-hybridized carbons (Fsp3) is 0.240. The van der Waals surface area contributed by atoms with E-state index in [1.165, 1.54) is 40.6 Å². The molecule has 34 heavy (non-hydrogen) atoms. The smallest absolute Gasteiger partial charge is 0.271 e. The molecule has 0 spiro atoms. The first-order valence-corrected chi connectivity index (χ1v) is 10.4. The first kappa shape index (κ1) is 24.4. The number of nitrogens with zero attached hydrogens (tertiary/aromatic N) is 1. The Morgan fingerprint density at radius 3 is 2.09 bits per heavy atom. The average molecular weight is 466 g/mol. The van der Waals surface area contributed by atoms with Crippen LogP contribution >= 0.6 is 0 Å². The average Bonchev–Trinajstić information content (AvgIpc) is 2.87. The highest BCUT2D eigenvalue weighted by Crippen LogP contribution is 2.34. The molecular weight excluding hydrogens is 440 g/mol. The van der Waals surface area contributed by atoms with Crippen molar-refractivity contribution in [2.45, 2.75) is 12.5 Å². The summed E-state index contributed by atoms with van der Waals surface area (Å²) in [5.74, 6) is 1.86. The van der Waals surface area contributed by atoms with E-state index in [1.807, 2.05) is 6.07 Å². The van der Waals surface area contributed by atoms with Gasteiger partial charge < -0.3 is 24.3 Å². The Hall–Kier alpha value is -4.27. The molecule has 0 amide bonds. The van der Waals surface area contributed by atoms with Crippen molar-refractivity contribution in [3.05, 3.63) is 81.9 Å². The lowest BCUT2D eigenvalue weighted by molar-refractivity contribution is -0.384. The Morgan fingerprint density at radius 2 is 1.47 bits per heavy atom. The first-order chi connectivity index (χ1) is 16.4. The molecule has 0 aromatic heterocycles. The predicted octanol–water partition coefficient (Wildman–Crippen LogP) is 5.06. The van der Waals surface area contributed by atoms with Crippen LogP contribution in [0.4, 0.5) is 11.4 Å². The number of rotatable bonds is 11. The molecule has 0 aliphatic rings. The molecule has 0 fully saturated rings. The highest BCUT2D eigenvalue weighted by molar-refractivity contribution is 5.97. The fourth-order valence-corrected chi connectivity index (χ4v) is 3.55. The van der Waals surface area contributed by atoms with Gasteiger partial charge in [0.2, 0.25) is 0 Å². The predicted molar refractivity (Wildman–Crippen MR) is 127 cm³/mol. The maximum Gasteiger partial charge on any atom is 0.271 e. The van der Waals surface area contributed by atoms with E-state index in [4.69, 9.17) is 18.9 Å². The van der Waals surface area contributed by atoms with Crippen LogP contribution in [0.25, 0.3) is 0 Å². The van der Waals surface area contributed by atoms with E-state index in [2.05, 4.69) is 5.32 Å². The summed E-state index contributed by atoms with van der Waals surface area (Å²) >= 11 is 0. The maximum absolute atomic E-state index is 13.2. The Labute approximate surface area is 197 Å². The van der Waals surface area contributed by atoms with Crippen LogP contribution in [0.3, 0.4) is 0 Å². The second-order valence-corrected chi connectivity index (χ2v) is 7.32. The molecule has 0 bridgehead atoms. The van der Waals surface area contributed by atoms with Crippen molar-refractivity contribution >= 4 is 17.2 Å². The number of hydrogen-bond acceptors (Lipinski definition) is 8. The van der Waals surface area contributed by atoms with Crippen molar-refractivity contribution in [3.63, 3.8) is 0 Å². The molecule has 3 aromatic rings. The van der Waals surface area contributed by atoms with E-state index in [1.54, 1.807) is 42.5 Å². The normalized spacial score (nSPS) is 11.3. The van der Waals surface area contributed by atoms with Gasteiger partial charge in [0, 0.05) is 29.8 Å². The third kappa shape index (κ3) is 5.55. The molecule has 0 saturated heterocycles. The van der Waals surface area contributed by atoms with Crippen molar-refractivity contribution in [1.82, 2.24) is 0 Å². The van der Waals surface area contributed by atoms with Crippen molar-refractivity contribution in [1.29, 1.82) is 0 Å². The van der Waals surface area contributed by atoms with E-state index in [9.17, 15) is 14.9 Å². The molecule has 0 saturated carbocycles.